The predicted molar refractivity (Wildman–Crippen MR) is 64.4 cm³/mol. The Balaban J connectivity index is 1.98. The molecular weight excluding hydrogens is 255 g/mol. The Bertz CT molecular complexity index is 494. The van der Waals surface area contributed by atoms with Crippen LogP contribution >= 0.6 is 0 Å². The number of carbonyl (C=O) groups excluding carboxylic acids is 1. The smallest absolute Gasteiger partial charge is 0.334 e. The van der Waals surface area contributed by atoms with E-state index in [-0.39, 0.29) is 13.2 Å². The van der Waals surface area contributed by atoms with Gasteiger partial charge in [0.25, 0.3) is 0 Å². The zero-order chi connectivity index (χ0) is 13.8. The van der Waals surface area contributed by atoms with Crippen molar-refractivity contribution in [2.24, 2.45) is 0 Å². The molecule has 1 aliphatic rings. The second kappa shape index (κ2) is 5.66. The van der Waals surface area contributed by atoms with Crippen LogP contribution in [0.5, 0.6) is 0 Å². The summed E-state index contributed by atoms with van der Waals surface area (Å²) in [6.45, 7) is 0.426. The van der Waals surface area contributed by atoms with E-state index in [1.807, 2.05) is 0 Å². The van der Waals surface area contributed by atoms with Crippen molar-refractivity contribution in [1.82, 2.24) is 4.90 Å². The van der Waals surface area contributed by atoms with Crippen molar-refractivity contribution in [3.63, 3.8) is 0 Å². The van der Waals surface area contributed by atoms with Crippen molar-refractivity contribution in [2.45, 2.75) is 6.10 Å². The highest BCUT2D eigenvalue weighted by atomic mass is 19.1. The number of rotatable bonds is 2. The lowest BCUT2D eigenvalue weighted by molar-refractivity contribution is -0.154. The molecule has 2 N–H and O–H groups in total. The second-order valence-electron chi connectivity index (χ2n) is 4.08. The number of benzene rings is 1. The topological polar surface area (TPSA) is 78.9 Å². The fourth-order valence-electron chi connectivity index (χ4n) is 1.75. The number of carbonyl (C=O) groups is 2. The van der Waals surface area contributed by atoms with Gasteiger partial charge in [-0.3, -0.25) is 0 Å². The number of nitrogens with one attached hydrogen (secondary N) is 1. The van der Waals surface area contributed by atoms with Gasteiger partial charge in [0.2, 0.25) is 0 Å². The normalized spacial score (nSPS) is 19.0. The molecular formula is C12H13FN2O4. The Morgan fingerprint density at radius 2 is 2.26 bits per heavy atom. The average molecular weight is 268 g/mol. The number of urea groups is 1. The summed E-state index contributed by atoms with van der Waals surface area (Å²) >= 11 is 0. The minimum absolute atomic E-state index is 0.0313. The van der Waals surface area contributed by atoms with Crippen LogP contribution in [0, 0.1) is 5.82 Å². The molecule has 19 heavy (non-hydrogen) atoms. The first-order valence-electron chi connectivity index (χ1n) is 5.72. The molecule has 1 aromatic rings. The molecule has 1 atom stereocenters. The van der Waals surface area contributed by atoms with Gasteiger partial charge in [0.05, 0.1) is 13.2 Å². The molecule has 0 spiro atoms. The number of ether oxygens (including phenoxy) is 1. The Morgan fingerprint density at radius 1 is 1.47 bits per heavy atom. The van der Waals surface area contributed by atoms with E-state index in [4.69, 9.17) is 9.84 Å². The van der Waals surface area contributed by atoms with Crippen LogP contribution in [0.2, 0.25) is 0 Å². The molecule has 7 heteroatoms. The highest BCUT2D eigenvalue weighted by Gasteiger charge is 2.28. The number of morpholine rings is 1. The van der Waals surface area contributed by atoms with Gasteiger partial charge in [0, 0.05) is 12.2 Å². The fourth-order valence-corrected chi connectivity index (χ4v) is 1.75. The number of carboxylic acid groups (broad SMARTS) is 1. The monoisotopic (exact) mass is 268 g/mol. The van der Waals surface area contributed by atoms with Crippen molar-refractivity contribution in [3.05, 3.63) is 30.1 Å². The molecule has 1 heterocycles. The Kier molecular flexibility index (Phi) is 3.96. The number of halogens is 1. The third kappa shape index (κ3) is 3.41. The van der Waals surface area contributed by atoms with Crippen molar-refractivity contribution in [1.29, 1.82) is 0 Å². The summed E-state index contributed by atoms with van der Waals surface area (Å²) in [6.07, 6.45) is -1.02. The maximum absolute atomic E-state index is 13.0. The summed E-state index contributed by atoms with van der Waals surface area (Å²) in [5.41, 5.74) is 0.323. The van der Waals surface area contributed by atoms with Crippen LogP contribution in [0.15, 0.2) is 24.3 Å². The summed E-state index contributed by atoms with van der Waals surface area (Å²) < 4.78 is 18.0. The van der Waals surface area contributed by atoms with E-state index in [9.17, 15) is 14.0 Å². The fraction of sp³-hybridized carbons (Fsp3) is 0.333. The minimum atomic E-state index is -1.11. The van der Waals surface area contributed by atoms with E-state index >= 15 is 0 Å². The van der Waals surface area contributed by atoms with E-state index < -0.39 is 23.9 Å². The molecule has 2 rings (SSSR count). The zero-order valence-corrected chi connectivity index (χ0v) is 10.0. The van der Waals surface area contributed by atoms with Crippen LogP contribution in [0.25, 0.3) is 0 Å². The largest absolute Gasteiger partial charge is 0.479 e. The van der Waals surface area contributed by atoms with Crippen LogP contribution in [-0.2, 0) is 9.53 Å². The van der Waals surface area contributed by atoms with Gasteiger partial charge in [-0.15, -0.1) is 0 Å². The minimum Gasteiger partial charge on any atom is -0.479 e. The quantitative estimate of drug-likeness (QED) is 0.843. The van der Waals surface area contributed by atoms with Crippen LogP contribution < -0.4 is 5.32 Å². The van der Waals surface area contributed by atoms with Gasteiger partial charge in [-0.1, -0.05) is 6.07 Å². The maximum atomic E-state index is 13.0. The molecule has 1 unspecified atom stereocenters. The second-order valence-corrected chi connectivity index (χ2v) is 4.08. The number of hydrogen-bond acceptors (Lipinski definition) is 3. The third-order valence-corrected chi connectivity index (χ3v) is 2.70. The first-order chi connectivity index (χ1) is 9.06. The van der Waals surface area contributed by atoms with E-state index in [2.05, 4.69) is 5.32 Å². The maximum Gasteiger partial charge on any atom is 0.334 e. The number of amides is 2. The highest BCUT2D eigenvalue weighted by molar-refractivity contribution is 5.89. The van der Waals surface area contributed by atoms with Crippen molar-refractivity contribution in [2.75, 3.05) is 25.0 Å². The molecule has 1 aromatic carbocycles. The SMILES string of the molecule is O=C(O)C1CN(C(=O)Nc2cccc(F)c2)CCO1. The summed E-state index contributed by atoms with van der Waals surface area (Å²) in [5.74, 6) is -1.56. The molecule has 1 saturated heterocycles. The van der Waals surface area contributed by atoms with Gasteiger partial charge in [-0.05, 0) is 18.2 Å². The van der Waals surface area contributed by atoms with Crippen molar-refractivity contribution in [3.8, 4) is 0 Å². The third-order valence-electron chi connectivity index (χ3n) is 2.70. The average Bonchev–Trinajstić information content (AvgIpc) is 2.39. The van der Waals surface area contributed by atoms with Crippen molar-refractivity contribution >= 4 is 17.7 Å². The molecule has 1 fully saturated rings. The summed E-state index contributed by atoms with van der Waals surface area (Å²) in [7, 11) is 0. The van der Waals surface area contributed by atoms with Gasteiger partial charge >= 0.3 is 12.0 Å². The molecule has 0 aromatic heterocycles. The van der Waals surface area contributed by atoms with E-state index in [1.165, 1.54) is 23.1 Å². The Labute approximate surface area is 108 Å². The Hall–Kier alpha value is -2.15. The molecule has 0 bridgehead atoms. The molecule has 6 nitrogen and oxygen atoms in total. The van der Waals surface area contributed by atoms with Crippen LogP contribution in [-0.4, -0.2) is 47.8 Å². The van der Waals surface area contributed by atoms with E-state index in [0.717, 1.165) is 0 Å². The van der Waals surface area contributed by atoms with Crippen LogP contribution in [0.3, 0.4) is 0 Å². The van der Waals surface area contributed by atoms with Gasteiger partial charge in [0.1, 0.15) is 5.82 Å². The summed E-state index contributed by atoms with van der Waals surface area (Å²) in [4.78, 5) is 24.0. The summed E-state index contributed by atoms with van der Waals surface area (Å²) in [5, 5.41) is 11.3. The van der Waals surface area contributed by atoms with Gasteiger partial charge in [0.15, 0.2) is 6.10 Å². The van der Waals surface area contributed by atoms with Crippen molar-refractivity contribution < 1.29 is 23.8 Å². The highest BCUT2D eigenvalue weighted by Crippen LogP contribution is 2.12. The Morgan fingerprint density at radius 3 is 2.95 bits per heavy atom. The lowest BCUT2D eigenvalue weighted by Gasteiger charge is -2.30. The molecule has 0 aliphatic carbocycles. The van der Waals surface area contributed by atoms with Crippen LogP contribution in [0.1, 0.15) is 0 Å². The first kappa shape index (κ1) is 13.3. The molecule has 0 saturated carbocycles. The van der Waals surface area contributed by atoms with Gasteiger partial charge < -0.3 is 20.1 Å². The lowest BCUT2D eigenvalue weighted by Crippen LogP contribution is -2.49. The van der Waals surface area contributed by atoms with Gasteiger partial charge in [-0.25, -0.2) is 14.0 Å². The first-order valence-corrected chi connectivity index (χ1v) is 5.72. The van der Waals surface area contributed by atoms with Crippen LogP contribution in [0.4, 0.5) is 14.9 Å². The number of anilines is 1. The lowest BCUT2D eigenvalue weighted by atomic mass is 10.3. The van der Waals surface area contributed by atoms with E-state index in [1.54, 1.807) is 6.07 Å². The summed E-state index contributed by atoms with van der Waals surface area (Å²) in [6, 6.07) is 5.01. The molecule has 0 radical (unpaired) electrons. The van der Waals surface area contributed by atoms with E-state index in [0.29, 0.717) is 12.2 Å². The molecule has 1 aliphatic heterocycles. The zero-order valence-electron chi connectivity index (χ0n) is 10.0. The standard InChI is InChI=1S/C12H13FN2O4/c13-8-2-1-3-9(6-8)14-12(18)15-4-5-19-10(7-15)11(16)17/h1-3,6,10H,4-5,7H2,(H,14,18)(H,16,17). The molecule has 102 valence electrons. The molecule has 2 amide bonds. The number of hydrogen-bond donors (Lipinski definition) is 2. The predicted octanol–water partition coefficient (Wildman–Crippen LogP) is 1.14. The number of nitrogens with zero attached hydrogens (tertiary/aromatic N) is 1. The van der Waals surface area contributed by atoms with Gasteiger partial charge in [-0.2, -0.15) is 0 Å². The number of carboxylic acids is 1. The number of aliphatic carboxylic acids is 1.